The molecule has 21 heavy (non-hydrogen) atoms. The number of esters is 1. The fourth-order valence-corrected chi connectivity index (χ4v) is 2.51. The third kappa shape index (κ3) is 8.39. The third-order valence-electron chi connectivity index (χ3n) is 3.41. The van der Waals surface area contributed by atoms with E-state index in [1.165, 1.54) is 7.11 Å². The molecule has 0 aliphatic heterocycles. The maximum atomic E-state index is 12.1. The smallest absolute Gasteiger partial charge is 0.325 e. The summed E-state index contributed by atoms with van der Waals surface area (Å²) in [7, 11) is 3.16. The van der Waals surface area contributed by atoms with Crippen molar-refractivity contribution in [3.63, 3.8) is 0 Å². The second-order valence-electron chi connectivity index (χ2n) is 6.56. The molecule has 0 saturated carbocycles. The van der Waals surface area contributed by atoms with Crippen LogP contribution in [0.25, 0.3) is 0 Å². The summed E-state index contributed by atoms with van der Waals surface area (Å²) >= 11 is 0. The first kappa shape index (κ1) is 20.3. The van der Waals surface area contributed by atoms with Crippen LogP contribution in [0.5, 0.6) is 0 Å². The van der Waals surface area contributed by atoms with Crippen LogP contribution in [0.15, 0.2) is 0 Å². The van der Waals surface area contributed by atoms with Gasteiger partial charge in [0.15, 0.2) is 0 Å². The molecule has 0 amide bonds. The summed E-state index contributed by atoms with van der Waals surface area (Å²) in [5.41, 5.74) is -0.648. The van der Waals surface area contributed by atoms with Crippen molar-refractivity contribution in [1.82, 2.24) is 10.2 Å². The fraction of sp³-hybridized carbons (Fsp3) is 0.938. The number of nitrogens with one attached hydrogen (secondary N) is 1. The molecular weight excluding hydrogens is 268 g/mol. The highest BCUT2D eigenvalue weighted by Gasteiger charge is 2.34. The Morgan fingerprint density at radius 2 is 1.81 bits per heavy atom. The minimum Gasteiger partial charge on any atom is -0.468 e. The fourth-order valence-electron chi connectivity index (χ4n) is 2.51. The van der Waals surface area contributed by atoms with Crippen LogP contribution in [0.4, 0.5) is 0 Å². The molecule has 0 aliphatic carbocycles. The minimum atomic E-state index is -0.648. The average molecular weight is 302 g/mol. The Bertz CT molecular complexity index is 295. The third-order valence-corrected chi connectivity index (χ3v) is 3.41. The number of nitrogens with zero attached hydrogens (tertiary/aromatic N) is 1. The molecule has 1 atom stereocenters. The predicted octanol–water partition coefficient (Wildman–Crippen LogP) is 1.91. The summed E-state index contributed by atoms with van der Waals surface area (Å²) < 4.78 is 10.1. The second kappa shape index (κ2) is 10.1. The van der Waals surface area contributed by atoms with Gasteiger partial charge in [0, 0.05) is 32.8 Å². The van der Waals surface area contributed by atoms with Crippen LogP contribution in [0, 0.1) is 5.92 Å². The maximum absolute atomic E-state index is 12.1. The van der Waals surface area contributed by atoms with E-state index in [2.05, 4.69) is 24.1 Å². The van der Waals surface area contributed by atoms with Crippen molar-refractivity contribution < 1.29 is 14.3 Å². The van der Waals surface area contributed by atoms with Crippen molar-refractivity contribution in [2.45, 2.75) is 52.6 Å². The zero-order valence-corrected chi connectivity index (χ0v) is 14.9. The molecule has 5 nitrogen and oxygen atoms in total. The summed E-state index contributed by atoms with van der Waals surface area (Å²) in [4.78, 5) is 14.4. The highest BCUT2D eigenvalue weighted by atomic mass is 16.5. The van der Waals surface area contributed by atoms with Gasteiger partial charge in [0.1, 0.15) is 5.54 Å². The molecule has 0 bridgehead atoms. The molecule has 1 unspecified atom stereocenters. The van der Waals surface area contributed by atoms with E-state index >= 15 is 0 Å². The summed E-state index contributed by atoms with van der Waals surface area (Å²) in [5.74, 6) is 0.386. The second-order valence-corrected chi connectivity index (χ2v) is 6.56. The monoisotopic (exact) mass is 302 g/mol. The van der Waals surface area contributed by atoms with Gasteiger partial charge in [0.25, 0.3) is 0 Å². The Kier molecular flexibility index (Phi) is 9.83. The molecule has 0 saturated heterocycles. The van der Waals surface area contributed by atoms with Gasteiger partial charge in [0.2, 0.25) is 0 Å². The SMILES string of the molecule is COCCN(CCC(C)(NC(C)C)C(=O)OC)CC(C)C. The molecule has 0 radical (unpaired) electrons. The summed E-state index contributed by atoms with van der Waals surface area (Å²) in [6, 6.07) is 0.228. The lowest BCUT2D eigenvalue weighted by atomic mass is 9.96. The van der Waals surface area contributed by atoms with Gasteiger partial charge in [-0.2, -0.15) is 0 Å². The Morgan fingerprint density at radius 3 is 2.24 bits per heavy atom. The van der Waals surface area contributed by atoms with Gasteiger partial charge < -0.3 is 14.4 Å². The highest BCUT2D eigenvalue weighted by Crippen LogP contribution is 2.15. The predicted molar refractivity (Wildman–Crippen MR) is 86.5 cm³/mol. The quantitative estimate of drug-likeness (QED) is 0.591. The maximum Gasteiger partial charge on any atom is 0.325 e. The Balaban J connectivity index is 4.69. The first-order valence-electron chi connectivity index (χ1n) is 7.82. The van der Waals surface area contributed by atoms with Crippen LogP contribution < -0.4 is 5.32 Å². The topological polar surface area (TPSA) is 50.8 Å². The van der Waals surface area contributed by atoms with E-state index < -0.39 is 5.54 Å². The molecule has 126 valence electrons. The first-order chi connectivity index (χ1) is 9.75. The van der Waals surface area contributed by atoms with E-state index in [1.54, 1.807) is 7.11 Å². The summed E-state index contributed by atoms with van der Waals surface area (Å²) in [5, 5.41) is 3.34. The number of methoxy groups -OCH3 is 2. The lowest BCUT2D eigenvalue weighted by Crippen LogP contribution is -2.54. The first-order valence-corrected chi connectivity index (χ1v) is 7.82. The number of hydrogen-bond acceptors (Lipinski definition) is 5. The van der Waals surface area contributed by atoms with Gasteiger partial charge in [-0.1, -0.05) is 13.8 Å². The molecule has 0 aliphatic rings. The molecule has 0 spiro atoms. The van der Waals surface area contributed by atoms with Gasteiger partial charge in [-0.3, -0.25) is 10.1 Å². The number of carbonyl (C=O) groups excluding carboxylic acids is 1. The molecule has 0 heterocycles. The number of carbonyl (C=O) groups is 1. The summed E-state index contributed by atoms with van der Waals surface area (Å²) in [6.07, 6.45) is 0.717. The Hall–Kier alpha value is -0.650. The molecule has 0 fully saturated rings. The van der Waals surface area contributed by atoms with Crippen LogP contribution >= 0.6 is 0 Å². The van der Waals surface area contributed by atoms with E-state index in [-0.39, 0.29) is 12.0 Å². The van der Waals surface area contributed by atoms with Gasteiger partial charge in [-0.15, -0.1) is 0 Å². The van der Waals surface area contributed by atoms with Crippen LogP contribution in [-0.4, -0.2) is 62.9 Å². The molecule has 0 aromatic carbocycles. The van der Waals surface area contributed by atoms with Crippen molar-refractivity contribution in [3.8, 4) is 0 Å². The van der Waals surface area contributed by atoms with Gasteiger partial charge in [-0.25, -0.2) is 0 Å². The van der Waals surface area contributed by atoms with E-state index in [9.17, 15) is 4.79 Å². The zero-order chi connectivity index (χ0) is 16.5. The number of rotatable bonds is 11. The van der Waals surface area contributed by atoms with Crippen molar-refractivity contribution in [2.24, 2.45) is 5.92 Å². The van der Waals surface area contributed by atoms with Gasteiger partial charge >= 0.3 is 5.97 Å². The molecule has 1 N–H and O–H groups in total. The summed E-state index contributed by atoms with van der Waals surface area (Å²) in [6.45, 7) is 13.8. The van der Waals surface area contributed by atoms with Crippen LogP contribution in [0.3, 0.4) is 0 Å². The van der Waals surface area contributed by atoms with E-state index in [1.807, 2.05) is 20.8 Å². The minimum absolute atomic E-state index is 0.201. The highest BCUT2D eigenvalue weighted by molar-refractivity contribution is 5.80. The molecule has 0 aromatic heterocycles. The standard InChI is InChI=1S/C16H34N2O3/c1-13(2)12-18(10-11-20-6)9-8-16(5,15(19)21-7)17-14(3)4/h13-14,17H,8-12H2,1-7H3. The Morgan fingerprint density at radius 1 is 1.19 bits per heavy atom. The van der Waals surface area contributed by atoms with Crippen molar-refractivity contribution in [1.29, 1.82) is 0 Å². The van der Waals surface area contributed by atoms with E-state index in [0.717, 1.165) is 19.6 Å². The number of ether oxygens (including phenoxy) is 2. The van der Waals surface area contributed by atoms with E-state index in [4.69, 9.17) is 9.47 Å². The molecular formula is C16H34N2O3. The largest absolute Gasteiger partial charge is 0.468 e. The van der Waals surface area contributed by atoms with Crippen molar-refractivity contribution in [3.05, 3.63) is 0 Å². The molecule has 5 heteroatoms. The normalized spacial score (nSPS) is 14.8. The van der Waals surface area contributed by atoms with Gasteiger partial charge in [0.05, 0.1) is 13.7 Å². The van der Waals surface area contributed by atoms with Crippen LogP contribution in [0.1, 0.15) is 41.0 Å². The van der Waals surface area contributed by atoms with Crippen LogP contribution in [0.2, 0.25) is 0 Å². The number of hydrogen-bond donors (Lipinski definition) is 1. The zero-order valence-electron chi connectivity index (χ0n) is 14.9. The molecule has 0 rings (SSSR count). The van der Waals surface area contributed by atoms with E-state index in [0.29, 0.717) is 18.9 Å². The lowest BCUT2D eigenvalue weighted by Gasteiger charge is -2.33. The van der Waals surface area contributed by atoms with Crippen LogP contribution in [-0.2, 0) is 14.3 Å². The van der Waals surface area contributed by atoms with Gasteiger partial charge in [-0.05, 0) is 33.1 Å². The Labute approximate surface area is 130 Å². The van der Waals surface area contributed by atoms with Crippen molar-refractivity contribution in [2.75, 3.05) is 40.5 Å². The lowest BCUT2D eigenvalue weighted by molar-refractivity contribution is -0.148. The molecule has 0 aromatic rings. The average Bonchev–Trinajstić information content (AvgIpc) is 2.39. The van der Waals surface area contributed by atoms with Crippen molar-refractivity contribution >= 4 is 5.97 Å².